The van der Waals surface area contributed by atoms with Gasteiger partial charge in [0.05, 0.1) is 0 Å². The third-order valence-corrected chi connectivity index (χ3v) is 4.55. The molecule has 1 rings (SSSR count). The molecular weight excluding hydrogens is 287 g/mol. The maximum absolute atomic E-state index is 13.4. The molecular formula is C12H13FN2O4S. The molecule has 0 radical (unpaired) electrons. The first-order valence-electron chi connectivity index (χ1n) is 5.64. The van der Waals surface area contributed by atoms with E-state index in [0.29, 0.717) is 0 Å². The summed E-state index contributed by atoms with van der Waals surface area (Å²) >= 11 is 0. The summed E-state index contributed by atoms with van der Waals surface area (Å²) in [4.78, 5) is 10.5. The van der Waals surface area contributed by atoms with Crippen molar-refractivity contribution < 1.29 is 22.7 Å². The molecule has 0 saturated heterocycles. The standard InChI is InChI=1S/C12H13FN2O4S/c1-3-12(2,11(16)17)15-20(18,19)10-6-4-5-9(13)8(10)7-14/h4-6,15H,3H2,1-2H3,(H,16,17). The molecule has 6 nitrogen and oxygen atoms in total. The number of rotatable bonds is 5. The Morgan fingerprint density at radius 1 is 1.55 bits per heavy atom. The highest BCUT2D eigenvalue weighted by molar-refractivity contribution is 7.89. The second-order valence-electron chi connectivity index (χ2n) is 4.32. The summed E-state index contributed by atoms with van der Waals surface area (Å²) in [5, 5.41) is 17.9. The van der Waals surface area contributed by atoms with E-state index in [0.717, 1.165) is 18.2 Å². The van der Waals surface area contributed by atoms with Crippen molar-refractivity contribution in [2.24, 2.45) is 0 Å². The lowest BCUT2D eigenvalue weighted by atomic mass is 10.0. The van der Waals surface area contributed by atoms with Crippen LogP contribution < -0.4 is 4.72 Å². The first-order valence-corrected chi connectivity index (χ1v) is 7.12. The van der Waals surface area contributed by atoms with Gasteiger partial charge in [-0.15, -0.1) is 0 Å². The molecule has 1 aromatic rings. The Labute approximate surface area is 115 Å². The van der Waals surface area contributed by atoms with Crippen LogP contribution in [-0.4, -0.2) is 25.0 Å². The molecule has 20 heavy (non-hydrogen) atoms. The van der Waals surface area contributed by atoms with Gasteiger partial charge in [-0.2, -0.15) is 9.98 Å². The number of carboxylic acids is 1. The van der Waals surface area contributed by atoms with Gasteiger partial charge in [-0.1, -0.05) is 13.0 Å². The topological polar surface area (TPSA) is 107 Å². The monoisotopic (exact) mass is 300 g/mol. The zero-order chi connectivity index (χ0) is 15.6. The summed E-state index contributed by atoms with van der Waals surface area (Å²) in [6.07, 6.45) is -0.0151. The maximum Gasteiger partial charge on any atom is 0.324 e. The Morgan fingerprint density at radius 2 is 2.15 bits per heavy atom. The van der Waals surface area contributed by atoms with Crippen molar-refractivity contribution >= 4 is 16.0 Å². The molecule has 0 aliphatic carbocycles. The smallest absolute Gasteiger partial charge is 0.324 e. The van der Waals surface area contributed by atoms with Gasteiger partial charge in [0, 0.05) is 0 Å². The van der Waals surface area contributed by atoms with Crippen LogP contribution >= 0.6 is 0 Å². The molecule has 0 aliphatic heterocycles. The second kappa shape index (κ2) is 5.56. The molecule has 8 heteroatoms. The predicted molar refractivity (Wildman–Crippen MR) is 67.8 cm³/mol. The van der Waals surface area contributed by atoms with E-state index >= 15 is 0 Å². The van der Waals surface area contributed by atoms with Crippen molar-refractivity contribution in [2.45, 2.75) is 30.7 Å². The number of nitrogens with one attached hydrogen (secondary N) is 1. The zero-order valence-electron chi connectivity index (χ0n) is 10.8. The van der Waals surface area contributed by atoms with Gasteiger partial charge in [-0.3, -0.25) is 4.79 Å². The number of hydrogen-bond donors (Lipinski definition) is 2. The molecule has 108 valence electrons. The van der Waals surface area contributed by atoms with Crippen LogP contribution in [0.15, 0.2) is 23.1 Å². The van der Waals surface area contributed by atoms with Crippen molar-refractivity contribution in [3.63, 3.8) is 0 Å². The average molecular weight is 300 g/mol. The lowest BCUT2D eigenvalue weighted by Gasteiger charge is -2.24. The summed E-state index contributed by atoms with van der Waals surface area (Å²) < 4.78 is 39.7. The van der Waals surface area contributed by atoms with E-state index in [1.54, 1.807) is 0 Å². The van der Waals surface area contributed by atoms with Gasteiger partial charge in [0.2, 0.25) is 10.0 Å². The van der Waals surface area contributed by atoms with Crippen LogP contribution in [0.5, 0.6) is 0 Å². The molecule has 0 amide bonds. The quantitative estimate of drug-likeness (QED) is 0.850. The minimum Gasteiger partial charge on any atom is -0.480 e. The van der Waals surface area contributed by atoms with Gasteiger partial charge in [0.15, 0.2) is 0 Å². The Kier molecular flexibility index (Phi) is 4.47. The first kappa shape index (κ1) is 16.1. The van der Waals surface area contributed by atoms with Gasteiger partial charge < -0.3 is 5.11 Å². The van der Waals surface area contributed by atoms with Crippen LogP contribution in [0.4, 0.5) is 4.39 Å². The number of hydrogen-bond acceptors (Lipinski definition) is 4. The summed E-state index contributed by atoms with van der Waals surface area (Å²) in [6, 6.07) is 4.59. The third-order valence-electron chi connectivity index (χ3n) is 2.92. The minimum atomic E-state index is -4.33. The number of nitrogens with zero attached hydrogens (tertiary/aromatic N) is 1. The number of benzene rings is 1. The van der Waals surface area contributed by atoms with E-state index < -0.39 is 37.8 Å². The Morgan fingerprint density at radius 3 is 2.60 bits per heavy atom. The molecule has 0 aromatic heterocycles. The largest absolute Gasteiger partial charge is 0.480 e. The van der Waals surface area contributed by atoms with Crippen molar-refractivity contribution in [3.05, 3.63) is 29.6 Å². The molecule has 0 bridgehead atoms. The van der Waals surface area contributed by atoms with E-state index in [1.807, 2.05) is 4.72 Å². The van der Waals surface area contributed by atoms with Crippen molar-refractivity contribution in [1.82, 2.24) is 4.72 Å². The number of halogens is 1. The van der Waals surface area contributed by atoms with Gasteiger partial charge in [0.25, 0.3) is 0 Å². The molecule has 0 saturated carbocycles. The fourth-order valence-electron chi connectivity index (χ4n) is 1.46. The highest BCUT2D eigenvalue weighted by Crippen LogP contribution is 2.21. The van der Waals surface area contributed by atoms with Crippen molar-refractivity contribution in [3.8, 4) is 6.07 Å². The molecule has 0 heterocycles. The van der Waals surface area contributed by atoms with Crippen LogP contribution in [0.25, 0.3) is 0 Å². The average Bonchev–Trinajstić information content (AvgIpc) is 2.37. The third kappa shape index (κ3) is 2.95. The molecule has 1 aromatic carbocycles. The summed E-state index contributed by atoms with van der Waals surface area (Å²) in [5.74, 6) is -2.35. The summed E-state index contributed by atoms with van der Waals surface area (Å²) in [6.45, 7) is 2.69. The number of carbonyl (C=O) groups is 1. The van der Waals surface area contributed by atoms with Crippen molar-refractivity contribution in [1.29, 1.82) is 5.26 Å². The van der Waals surface area contributed by atoms with Crippen LogP contribution in [0.2, 0.25) is 0 Å². The Bertz CT molecular complexity index is 681. The number of sulfonamides is 1. The van der Waals surface area contributed by atoms with E-state index in [4.69, 9.17) is 10.4 Å². The molecule has 0 spiro atoms. The van der Waals surface area contributed by atoms with E-state index in [2.05, 4.69) is 0 Å². The summed E-state index contributed by atoms with van der Waals surface area (Å²) in [5.41, 5.74) is -2.39. The predicted octanol–water partition coefficient (Wildman–Crippen LogP) is 1.23. The fraction of sp³-hybridized carbons (Fsp3) is 0.333. The normalized spacial score (nSPS) is 14.3. The van der Waals surface area contributed by atoms with E-state index in [9.17, 15) is 17.6 Å². The van der Waals surface area contributed by atoms with Crippen LogP contribution in [0.3, 0.4) is 0 Å². The lowest BCUT2D eigenvalue weighted by Crippen LogP contribution is -2.51. The SMILES string of the molecule is CCC(C)(NS(=O)(=O)c1cccc(F)c1C#N)C(=O)O. The zero-order valence-corrected chi connectivity index (χ0v) is 11.7. The molecule has 1 unspecified atom stereocenters. The van der Waals surface area contributed by atoms with Crippen molar-refractivity contribution in [2.75, 3.05) is 0 Å². The van der Waals surface area contributed by atoms with Gasteiger partial charge in [0.1, 0.15) is 27.9 Å². The second-order valence-corrected chi connectivity index (χ2v) is 5.97. The van der Waals surface area contributed by atoms with E-state index in [1.165, 1.54) is 19.9 Å². The van der Waals surface area contributed by atoms with E-state index in [-0.39, 0.29) is 6.42 Å². The first-order chi connectivity index (χ1) is 9.18. The minimum absolute atomic E-state index is 0.0151. The van der Waals surface area contributed by atoms with Gasteiger partial charge >= 0.3 is 5.97 Å². The highest BCUT2D eigenvalue weighted by Gasteiger charge is 2.37. The number of carboxylic acid groups (broad SMARTS) is 1. The molecule has 0 aliphatic rings. The van der Waals surface area contributed by atoms with Crippen LogP contribution in [0, 0.1) is 17.1 Å². The van der Waals surface area contributed by atoms with Gasteiger partial charge in [-0.05, 0) is 25.5 Å². The molecule has 2 N–H and O–H groups in total. The van der Waals surface area contributed by atoms with Crippen LogP contribution in [-0.2, 0) is 14.8 Å². The number of aliphatic carboxylic acids is 1. The highest BCUT2D eigenvalue weighted by atomic mass is 32.2. The number of nitriles is 1. The molecule has 1 atom stereocenters. The molecule has 0 fully saturated rings. The Balaban J connectivity index is 3.37. The van der Waals surface area contributed by atoms with Gasteiger partial charge in [-0.25, -0.2) is 12.8 Å². The fourth-order valence-corrected chi connectivity index (χ4v) is 3.06. The summed E-state index contributed by atoms with van der Waals surface area (Å²) in [7, 11) is -4.33. The maximum atomic E-state index is 13.4. The Hall–Kier alpha value is -1.98. The lowest BCUT2D eigenvalue weighted by molar-refractivity contribution is -0.143. The van der Waals surface area contributed by atoms with Crippen LogP contribution in [0.1, 0.15) is 25.8 Å².